The van der Waals surface area contributed by atoms with Gasteiger partial charge in [0.2, 0.25) is 11.8 Å². The van der Waals surface area contributed by atoms with Crippen LogP contribution in [0.2, 0.25) is 5.02 Å². The van der Waals surface area contributed by atoms with E-state index in [0.29, 0.717) is 23.7 Å². The van der Waals surface area contributed by atoms with Gasteiger partial charge in [0.1, 0.15) is 6.04 Å². The second-order valence-electron chi connectivity index (χ2n) is 8.50. The van der Waals surface area contributed by atoms with Crippen molar-refractivity contribution in [3.63, 3.8) is 0 Å². The lowest BCUT2D eigenvalue weighted by atomic mass is 9.95. The zero-order valence-electron chi connectivity index (χ0n) is 19.1. The Morgan fingerprint density at radius 1 is 1.12 bits per heavy atom. The molecular formula is C26H32BrClN2O2S. The van der Waals surface area contributed by atoms with Gasteiger partial charge in [0.25, 0.3) is 0 Å². The van der Waals surface area contributed by atoms with Gasteiger partial charge < -0.3 is 10.2 Å². The fourth-order valence-corrected chi connectivity index (χ4v) is 5.52. The number of nitrogens with zero attached hydrogens (tertiary/aromatic N) is 1. The highest BCUT2D eigenvalue weighted by molar-refractivity contribution is 9.10. The van der Waals surface area contributed by atoms with Crippen LogP contribution in [0.4, 0.5) is 0 Å². The molecule has 0 spiro atoms. The summed E-state index contributed by atoms with van der Waals surface area (Å²) in [7, 11) is 0. The number of benzene rings is 2. The molecule has 1 aliphatic rings. The smallest absolute Gasteiger partial charge is 0.243 e. The molecule has 4 nitrogen and oxygen atoms in total. The molecule has 2 aromatic carbocycles. The van der Waals surface area contributed by atoms with Crippen molar-refractivity contribution in [2.45, 2.75) is 69.8 Å². The van der Waals surface area contributed by atoms with Gasteiger partial charge in [0.05, 0.1) is 5.75 Å². The van der Waals surface area contributed by atoms with Gasteiger partial charge in [-0.3, -0.25) is 9.59 Å². The monoisotopic (exact) mass is 550 g/mol. The molecule has 7 heteroatoms. The largest absolute Gasteiger partial charge is 0.352 e. The zero-order valence-corrected chi connectivity index (χ0v) is 22.2. The molecule has 1 N–H and O–H groups in total. The average molecular weight is 552 g/mol. The number of hydrogen-bond acceptors (Lipinski definition) is 3. The van der Waals surface area contributed by atoms with Crippen molar-refractivity contribution < 1.29 is 9.59 Å². The first kappa shape index (κ1) is 26.1. The number of halogens is 2. The second-order valence-corrected chi connectivity index (χ2v) is 10.8. The predicted octanol–water partition coefficient (Wildman–Crippen LogP) is 6.59. The van der Waals surface area contributed by atoms with Crippen LogP contribution in [0.15, 0.2) is 53.0 Å². The average Bonchev–Trinajstić information content (AvgIpc) is 2.82. The molecule has 0 radical (unpaired) electrons. The van der Waals surface area contributed by atoms with Crippen molar-refractivity contribution in [2.24, 2.45) is 0 Å². The summed E-state index contributed by atoms with van der Waals surface area (Å²) in [6.07, 6.45) is 6.13. The molecule has 2 amide bonds. The van der Waals surface area contributed by atoms with Gasteiger partial charge in [-0.1, -0.05) is 84.0 Å². The summed E-state index contributed by atoms with van der Waals surface area (Å²) < 4.78 is 1.04. The molecule has 1 unspecified atom stereocenters. The molecule has 0 saturated heterocycles. The Bertz CT molecular complexity index is 919. The summed E-state index contributed by atoms with van der Waals surface area (Å²) in [6.45, 7) is 2.29. The van der Waals surface area contributed by atoms with Crippen molar-refractivity contribution in [1.29, 1.82) is 0 Å². The number of thioether (sulfide) groups is 1. The molecule has 2 aromatic rings. The van der Waals surface area contributed by atoms with Crippen LogP contribution in [-0.4, -0.2) is 34.6 Å². The fourth-order valence-electron chi connectivity index (χ4n) is 4.19. The molecule has 1 saturated carbocycles. The van der Waals surface area contributed by atoms with Crippen molar-refractivity contribution in [3.8, 4) is 0 Å². The summed E-state index contributed by atoms with van der Waals surface area (Å²) in [5.41, 5.74) is 2.02. The molecule has 1 atom stereocenters. The predicted molar refractivity (Wildman–Crippen MR) is 141 cm³/mol. The highest BCUT2D eigenvalue weighted by Crippen LogP contribution is 2.23. The van der Waals surface area contributed by atoms with Crippen LogP contribution in [-0.2, 0) is 21.9 Å². The quantitative estimate of drug-likeness (QED) is 0.362. The number of rotatable bonds is 10. The van der Waals surface area contributed by atoms with Gasteiger partial charge in [-0.25, -0.2) is 0 Å². The molecule has 1 fully saturated rings. The first-order valence-electron chi connectivity index (χ1n) is 11.6. The van der Waals surface area contributed by atoms with Gasteiger partial charge in [-0.05, 0) is 48.6 Å². The highest BCUT2D eigenvalue weighted by atomic mass is 79.9. The lowest BCUT2D eigenvalue weighted by Gasteiger charge is -2.33. The van der Waals surface area contributed by atoms with Gasteiger partial charge in [-0.15, -0.1) is 11.8 Å². The first-order valence-corrected chi connectivity index (χ1v) is 14.0. The highest BCUT2D eigenvalue weighted by Gasteiger charge is 2.30. The van der Waals surface area contributed by atoms with Crippen LogP contribution < -0.4 is 5.32 Å². The first-order chi connectivity index (χ1) is 16.0. The lowest BCUT2D eigenvalue weighted by Crippen LogP contribution is -2.52. The second kappa shape index (κ2) is 13.4. The van der Waals surface area contributed by atoms with Gasteiger partial charge in [-0.2, -0.15) is 0 Å². The molecule has 33 heavy (non-hydrogen) atoms. The Hall–Kier alpha value is -1.50. The van der Waals surface area contributed by atoms with Gasteiger partial charge in [0, 0.05) is 27.8 Å². The minimum atomic E-state index is -0.510. The molecular weight excluding hydrogens is 520 g/mol. The van der Waals surface area contributed by atoms with Crippen LogP contribution >= 0.6 is 39.3 Å². The topological polar surface area (TPSA) is 49.4 Å². The van der Waals surface area contributed by atoms with E-state index in [1.165, 1.54) is 6.42 Å². The molecule has 3 rings (SSSR count). The van der Waals surface area contributed by atoms with E-state index in [-0.39, 0.29) is 17.9 Å². The standard InChI is InChI=1S/C26H32BrClN2O2S/c1-2-24(26(32)29-22-9-4-3-5-10-22)30(16-20-8-6-7-11-23(20)28)25(31)18-33-17-19-12-14-21(27)15-13-19/h6-8,11-15,22,24H,2-5,9-10,16-18H2,1H3,(H,29,32). The molecule has 178 valence electrons. The SMILES string of the molecule is CCC(C(=O)NC1CCCCC1)N(Cc1ccccc1Cl)C(=O)CSCc1ccc(Br)cc1. The summed E-state index contributed by atoms with van der Waals surface area (Å²) in [5.74, 6) is 0.961. The summed E-state index contributed by atoms with van der Waals surface area (Å²) >= 11 is 11.4. The number of nitrogens with one attached hydrogen (secondary N) is 1. The Labute approximate surface area is 215 Å². The van der Waals surface area contributed by atoms with Crippen LogP contribution in [0.1, 0.15) is 56.6 Å². The minimum Gasteiger partial charge on any atom is -0.352 e. The number of carbonyl (C=O) groups excluding carboxylic acids is 2. The summed E-state index contributed by atoms with van der Waals surface area (Å²) in [6, 6.07) is 15.3. The van der Waals surface area contributed by atoms with Crippen LogP contribution in [0.3, 0.4) is 0 Å². The van der Waals surface area contributed by atoms with E-state index in [0.717, 1.165) is 47.0 Å². The Balaban J connectivity index is 1.70. The van der Waals surface area contributed by atoms with E-state index < -0.39 is 6.04 Å². The van der Waals surface area contributed by atoms with Crippen molar-refractivity contribution in [3.05, 3.63) is 69.2 Å². The molecule has 0 aromatic heterocycles. The van der Waals surface area contributed by atoms with Crippen molar-refractivity contribution >= 4 is 51.1 Å². The third-order valence-electron chi connectivity index (χ3n) is 6.04. The van der Waals surface area contributed by atoms with E-state index in [9.17, 15) is 9.59 Å². The van der Waals surface area contributed by atoms with Crippen LogP contribution in [0.5, 0.6) is 0 Å². The Morgan fingerprint density at radius 2 is 1.82 bits per heavy atom. The van der Waals surface area contributed by atoms with Gasteiger partial charge in [0.15, 0.2) is 0 Å². The summed E-state index contributed by atoms with van der Waals surface area (Å²) in [5, 5.41) is 3.83. The molecule has 0 heterocycles. The normalized spacial score (nSPS) is 15.1. The van der Waals surface area contributed by atoms with Crippen molar-refractivity contribution in [2.75, 3.05) is 5.75 Å². The number of hydrogen-bond donors (Lipinski definition) is 1. The lowest BCUT2D eigenvalue weighted by molar-refractivity contribution is -0.139. The number of carbonyl (C=O) groups is 2. The molecule has 0 aliphatic heterocycles. The van der Waals surface area contributed by atoms with Gasteiger partial charge >= 0.3 is 0 Å². The van der Waals surface area contributed by atoms with E-state index in [4.69, 9.17) is 11.6 Å². The fraction of sp³-hybridized carbons (Fsp3) is 0.462. The maximum atomic E-state index is 13.4. The Kier molecular flexibility index (Phi) is 10.6. The van der Waals surface area contributed by atoms with E-state index in [1.54, 1.807) is 16.7 Å². The third-order valence-corrected chi connectivity index (χ3v) is 7.93. The molecule has 0 bridgehead atoms. The number of amides is 2. The van der Waals surface area contributed by atoms with E-state index in [1.807, 2.05) is 43.3 Å². The van der Waals surface area contributed by atoms with E-state index in [2.05, 4.69) is 33.4 Å². The Morgan fingerprint density at radius 3 is 2.48 bits per heavy atom. The maximum absolute atomic E-state index is 13.4. The summed E-state index contributed by atoms with van der Waals surface area (Å²) in [4.78, 5) is 28.3. The van der Waals surface area contributed by atoms with Crippen molar-refractivity contribution in [1.82, 2.24) is 10.2 Å². The maximum Gasteiger partial charge on any atom is 0.243 e. The van der Waals surface area contributed by atoms with Crippen LogP contribution in [0, 0.1) is 0 Å². The zero-order chi connectivity index (χ0) is 23.6. The van der Waals surface area contributed by atoms with E-state index >= 15 is 0 Å². The van der Waals surface area contributed by atoms with Crippen LogP contribution in [0.25, 0.3) is 0 Å². The third kappa shape index (κ3) is 8.04. The minimum absolute atomic E-state index is 0.0392. The molecule has 1 aliphatic carbocycles.